The van der Waals surface area contributed by atoms with Gasteiger partial charge in [-0.05, 0) is 25.1 Å². The van der Waals surface area contributed by atoms with Crippen molar-refractivity contribution < 1.29 is 18.3 Å². The normalized spacial score (nSPS) is 12.5. The molecule has 0 aliphatic carbocycles. The Morgan fingerprint density at radius 2 is 2.21 bits per heavy atom. The minimum Gasteiger partial charge on any atom is -0.434 e. The first kappa shape index (κ1) is 15.8. The summed E-state index contributed by atoms with van der Waals surface area (Å²) in [7, 11) is 0. The first-order valence-corrected chi connectivity index (χ1v) is 6.42. The van der Waals surface area contributed by atoms with Crippen LogP contribution in [0.5, 0.6) is 5.75 Å². The Morgan fingerprint density at radius 1 is 1.53 bits per heavy atom. The van der Waals surface area contributed by atoms with Gasteiger partial charge in [0.05, 0.1) is 0 Å². The number of rotatable bonds is 7. The number of hydrogen-bond acceptors (Lipinski definition) is 3. The van der Waals surface area contributed by atoms with E-state index in [9.17, 15) is 13.6 Å². The van der Waals surface area contributed by atoms with E-state index in [4.69, 9.17) is 5.73 Å². The van der Waals surface area contributed by atoms with Crippen molar-refractivity contribution in [2.45, 2.75) is 32.5 Å². The molecule has 0 aliphatic rings. The van der Waals surface area contributed by atoms with E-state index in [1.165, 1.54) is 6.07 Å². The Hall–Kier alpha value is -1.21. The van der Waals surface area contributed by atoms with E-state index in [0.717, 1.165) is 4.47 Å². The van der Waals surface area contributed by atoms with Gasteiger partial charge < -0.3 is 15.8 Å². The van der Waals surface area contributed by atoms with E-state index in [2.05, 4.69) is 26.0 Å². The molecule has 1 aromatic carbocycles. The number of alkyl halides is 2. The number of primary amides is 1. The number of nitrogens with one attached hydrogen (secondary N) is 1. The molecule has 4 nitrogen and oxygen atoms in total. The minimum absolute atomic E-state index is 0.108. The van der Waals surface area contributed by atoms with Gasteiger partial charge in [-0.3, -0.25) is 4.79 Å². The smallest absolute Gasteiger partial charge is 0.387 e. The summed E-state index contributed by atoms with van der Waals surface area (Å²) < 4.78 is 29.7. The second kappa shape index (κ2) is 7.40. The second-order valence-electron chi connectivity index (χ2n) is 4.08. The van der Waals surface area contributed by atoms with Gasteiger partial charge in [0.15, 0.2) is 0 Å². The summed E-state index contributed by atoms with van der Waals surface area (Å²) in [5.41, 5.74) is 5.65. The van der Waals surface area contributed by atoms with Crippen LogP contribution in [0.3, 0.4) is 0 Å². The van der Waals surface area contributed by atoms with E-state index in [0.29, 0.717) is 12.1 Å². The van der Waals surface area contributed by atoms with Crippen LogP contribution in [0.2, 0.25) is 0 Å². The zero-order valence-corrected chi connectivity index (χ0v) is 11.9. The highest BCUT2D eigenvalue weighted by molar-refractivity contribution is 9.10. The van der Waals surface area contributed by atoms with Gasteiger partial charge in [0.25, 0.3) is 0 Å². The Morgan fingerprint density at radius 3 is 2.79 bits per heavy atom. The molecule has 0 aliphatic heterocycles. The summed E-state index contributed by atoms with van der Waals surface area (Å²) in [4.78, 5) is 10.7. The quantitative estimate of drug-likeness (QED) is 0.803. The van der Waals surface area contributed by atoms with Crippen LogP contribution in [-0.4, -0.2) is 18.6 Å². The van der Waals surface area contributed by atoms with Crippen molar-refractivity contribution in [1.82, 2.24) is 5.32 Å². The molecule has 0 saturated heterocycles. The number of amides is 1. The number of carbonyl (C=O) groups excluding carboxylic acids is 1. The Labute approximate surface area is 118 Å². The van der Waals surface area contributed by atoms with Crippen LogP contribution in [-0.2, 0) is 11.3 Å². The van der Waals surface area contributed by atoms with Gasteiger partial charge in [-0.2, -0.15) is 8.78 Å². The van der Waals surface area contributed by atoms with Gasteiger partial charge in [0.2, 0.25) is 5.91 Å². The lowest BCUT2D eigenvalue weighted by molar-refractivity contribution is -0.118. The number of ether oxygens (including phenoxy) is 1. The SMILES string of the molecule is CC(CC(N)=O)NCc1cc(Br)ccc1OC(F)F. The highest BCUT2D eigenvalue weighted by atomic mass is 79.9. The molecule has 0 aromatic heterocycles. The summed E-state index contributed by atoms with van der Waals surface area (Å²) in [6.07, 6.45) is 0.180. The fourth-order valence-corrected chi connectivity index (χ4v) is 1.96. The van der Waals surface area contributed by atoms with Crippen molar-refractivity contribution in [3.63, 3.8) is 0 Å². The number of carbonyl (C=O) groups is 1. The maximum Gasteiger partial charge on any atom is 0.387 e. The third-order valence-electron chi connectivity index (χ3n) is 2.39. The third-order valence-corrected chi connectivity index (χ3v) is 2.88. The topological polar surface area (TPSA) is 64.4 Å². The summed E-state index contributed by atoms with van der Waals surface area (Å²) in [5, 5.41) is 3.02. The lowest BCUT2D eigenvalue weighted by Gasteiger charge is -2.15. The van der Waals surface area contributed by atoms with E-state index < -0.39 is 12.5 Å². The number of halogens is 3. The number of nitrogens with two attached hydrogens (primary N) is 1. The van der Waals surface area contributed by atoms with Gasteiger partial charge in [-0.15, -0.1) is 0 Å². The molecular weight excluding hydrogens is 322 g/mol. The molecule has 19 heavy (non-hydrogen) atoms. The van der Waals surface area contributed by atoms with E-state index in [1.54, 1.807) is 19.1 Å². The maximum absolute atomic E-state index is 12.3. The van der Waals surface area contributed by atoms with Crippen LogP contribution in [0.4, 0.5) is 8.78 Å². The lowest BCUT2D eigenvalue weighted by Crippen LogP contribution is -2.30. The van der Waals surface area contributed by atoms with Crippen molar-refractivity contribution in [3.8, 4) is 5.75 Å². The third kappa shape index (κ3) is 5.98. The van der Waals surface area contributed by atoms with E-state index in [-0.39, 0.29) is 18.2 Å². The van der Waals surface area contributed by atoms with Crippen LogP contribution >= 0.6 is 15.9 Å². The highest BCUT2D eigenvalue weighted by Crippen LogP contribution is 2.24. The molecule has 1 unspecified atom stereocenters. The molecule has 0 radical (unpaired) electrons. The highest BCUT2D eigenvalue weighted by Gasteiger charge is 2.12. The molecule has 0 heterocycles. The maximum atomic E-state index is 12.3. The summed E-state index contributed by atoms with van der Waals surface area (Å²) in [5.74, 6) is -0.310. The Balaban J connectivity index is 2.70. The second-order valence-corrected chi connectivity index (χ2v) is 5.00. The van der Waals surface area contributed by atoms with Crippen LogP contribution in [0.15, 0.2) is 22.7 Å². The molecule has 0 spiro atoms. The predicted octanol–water partition coefficient (Wildman–Crippen LogP) is 2.40. The fourth-order valence-electron chi connectivity index (χ4n) is 1.56. The number of benzene rings is 1. The van der Waals surface area contributed by atoms with Gasteiger partial charge in [-0.1, -0.05) is 15.9 Å². The Bertz CT molecular complexity index is 444. The molecule has 7 heteroatoms. The molecular formula is C12H15BrF2N2O2. The van der Waals surface area contributed by atoms with Crippen molar-refractivity contribution in [2.75, 3.05) is 0 Å². The van der Waals surface area contributed by atoms with E-state index in [1.807, 2.05) is 0 Å². The molecule has 1 rings (SSSR count). The molecule has 1 amide bonds. The zero-order chi connectivity index (χ0) is 14.4. The van der Waals surface area contributed by atoms with Gasteiger partial charge in [-0.25, -0.2) is 0 Å². The largest absolute Gasteiger partial charge is 0.434 e. The van der Waals surface area contributed by atoms with Crippen molar-refractivity contribution >= 4 is 21.8 Å². The predicted molar refractivity (Wildman–Crippen MR) is 70.9 cm³/mol. The standard InChI is InChI=1S/C12H15BrF2N2O2/c1-7(4-11(16)18)17-6-8-5-9(13)2-3-10(8)19-12(14)15/h2-3,5,7,12,17H,4,6H2,1H3,(H2,16,18). The molecule has 0 fully saturated rings. The van der Waals surface area contributed by atoms with Gasteiger partial charge in [0.1, 0.15) is 5.75 Å². The average Bonchev–Trinajstić information content (AvgIpc) is 2.28. The summed E-state index contributed by atoms with van der Waals surface area (Å²) in [6, 6.07) is 4.62. The molecule has 0 bridgehead atoms. The average molecular weight is 337 g/mol. The van der Waals surface area contributed by atoms with Crippen LogP contribution in [0, 0.1) is 0 Å². The van der Waals surface area contributed by atoms with Crippen molar-refractivity contribution in [3.05, 3.63) is 28.2 Å². The van der Waals surface area contributed by atoms with Crippen molar-refractivity contribution in [2.24, 2.45) is 5.73 Å². The fraction of sp³-hybridized carbons (Fsp3) is 0.417. The molecule has 0 saturated carbocycles. The number of hydrogen-bond donors (Lipinski definition) is 2. The van der Waals surface area contributed by atoms with Crippen LogP contribution in [0.25, 0.3) is 0 Å². The molecule has 3 N–H and O–H groups in total. The molecule has 106 valence electrons. The van der Waals surface area contributed by atoms with Gasteiger partial charge >= 0.3 is 6.61 Å². The first-order valence-electron chi connectivity index (χ1n) is 5.63. The van der Waals surface area contributed by atoms with Crippen molar-refractivity contribution in [1.29, 1.82) is 0 Å². The molecule has 1 aromatic rings. The zero-order valence-electron chi connectivity index (χ0n) is 10.3. The summed E-state index contributed by atoms with van der Waals surface area (Å²) >= 11 is 3.26. The van der Waals surface area contributed by atoms with Crippen LogP contribution in [0.1, 0.15) is 18.9 Å². The molecule has 1 atom stereocenters. The first-order chi connectivity index (χ1) is 8.88. The van der Waals surface area contributed by atoms with Crippen LogP contribution < -0.4 is 15.8 Å². The summed E-state index contributed by atoms with van der Waals surface area (Å²) in [6.45, 7) is -0.783. The monoisotopic (exact) mass is 336 g/mol. The lowest BCUT2D eigenvalue weighted by atomic mass is 10.1. The Kier molecular flexibility index (Phi) is 6.17. The minimum atomic E-state index is -2.87. The van der Waals surface area contributed by atoms with Gasteiger partial charge in [0, 0.05) is 29.0 Å². The van der Waals surface area contributed by atoms with E-state index >= 15 is 0 Å².